The fraction of sp³-hybridized carbons (Fsp3) is 0.857. The van der Waals surface area contributed by atoms with Gasteiger partial charge in [0.15, 0.2) is 0 Å². The predicted octanol–water partition coefficient (Wildman–Crippen LogP) is 1.01. The molecule has 0 unspecified atom stereocenters. The summed E-state index contributed by atoms with van der Waals surface area (Å²) in [4.78, 5) is 28.1. The minimum Gasteiger partial charge on any atom is -0.339 e. The van der Waals surface area contributed by atoms with Crippen molar-refractivity contribution in [2.24, 2.45) is 10.8 Å². The molecule has 0 radical (unpaired) electrons. The van der Waals surface area contributed by atoms with Crippen LogP contribution >= 0.6 is 0 Å². The van der Waals surface area contributed by atoms with E-state index in [0.717, 1.165) is 45.4 Å². The molecular weight excluding hydrogens is 228 g/mol. The molecule has 4 fully saturated rings. The van der Waals surface area contributed by atoms with Gasteiger partial charge in [-0.15, -0.1) is 0 Å². The van der Waals surface area contributed by atoms with Gasteiger partial charge in [-0.1, -0.05) is 0 Å². The molecule has 0 aromatic heterocycles. The molecule has 2 aliphatic carbocycles. The van der Waals surface area contributed by atoms with Crippen LogP contribution in [0.15, 0.2) is 0 Å². The highest BCUT2D eigenvalue weighted by Crippen LogP contribution is 2.73. The molecule has 4 nitrogen and oxygen atoms in total. The van der Waals surface area contributed by atoms with Crippen molar-refractivity contribution in [1.82, 2.24) is 9.80 Å². The van der Waals surface area contributed by atoms with Crippen LogP contribution in [0, 0.1) is 10.8 Å². The predicted molar refractivity (Wildman–Crippen MR) is 65.7 cm³/mol. The second-order valence-electron chi connectivity index (χ2n) is 6.54. The third-order valence-electron chi connectivity index (χ3n) is 5.38. The minimum absolute atomic E-state index is 0.0390. The molecule has 18 heavy (non-hydrogen) atoms. The maximum atomic E-state index is 12.4. The summed E-state index contributed by atoms with van der Waals surface area (Å²) in [5.41, 5.74) is 0.168. The Hall–Kier alpha value is -1.06. The summed E-state index contributed by atoms with van der Waals surface area (Å²) in [5.74, 6) is 0.704. The Balaban J connectivity index is 1.42. The van der Waals surface area contributed by atoms with Crippen LogP contribution in [-0.4, -0.2) is 47.8 Å². The number of nitrogens with zero attached hydrogens (tertiary/aromatic N) is 2. The average Bonchev–Trinajstić information content (AvgIpc) is 3.27. The van der Waals surface area contributed by atoms with Crippen molar-refractivity contribution in [3.8, 4) is 0 Å². The van der Waals surface area contributed by atoms with Gasteiger partial charge >= 0.3 is 0 Å². The first kappa shape index (κ1) is 10.8. The first-order valence-corrected chi connectivity index (χ1v) is 7.24. The molecule has 0 atom stereocenters. The first-order chi connectivity index (χ1) is 8.67. The fourth-order valence-electron chi connectivity index (χ4n) is 3.57. The number of rotatable bonds is 5. The molecule has 4 heteroatoms. The fourth-order valence-corrected chi connectivity index (χ4v) is 3.57. The maximum Gasteiger partial charge on any atom is 0.229 e. The third kappa shape index (κ3) is 1.50. The summed E-state index contributed by atoms with van der Waals surface area (Å²) >= 11 is 0. The van der Waals surface area contributed by atoms with E-state index in [0.29, 0.717) is 18.2 Å². The molecule has 4 rings (SSSR count). The van der Waals surface area contributed by atoms with Gasteiger partial charge in [0, 0.05) is 32.6 Å². The third-order valence-corrected chi connectivity index (χ3v) is 5.38. The molecular formula is C14H20N2O2. The molecule has 2 heterocycles. The number of amides is 2. The van der Waals surface area contributed by atoms with Crippen molar-refractivity contribution in [3.05, 3.63) is 0 Å². The van der Waals surface area contributed by atoms with Crippen molar-refractivity contribution in [2.45, 2.75) is 38.5 Å². The zero-order valence-corrected chi connectivity index (χ0v) is 10.8. The second-order valence-corrected chi connectivity index (χ2v) is 6.54. The van der Waals surface area contributed by atoms with Gasteiger partial charge in [-0.25, -0.2) is 0 Å². The molecule has 0 bridgehead atoms. The second kappa shape index (κ2) is 3.28. The van der Waals surface area contributed by atoms with E-state index in [1.54, 1.807) is 0 Å². The van der Waals surface area contributed by atoms with Crippen molar-refractivity contribution in [1.29, 1.82) is 0 Å². The highest BCUT2D eigenvalue weighted by molar-refractivity contribution is 5.88. The number of hydrogen-bond acceptors (Lipinski definition) is 2. The molecule has 4 aliphatic rings. The molecule has 2 aliphatic heterocycles. The summed E-state index contributed by atoms with van der Waals surface area (Å²) in [6.07, 6.45) is 6.08. The van der Waals surface area contributed by atoms with Gasteiger partial charge in [0.25, 0.3) is 0 Å². The van der Waals surface area contributed by atoms with Gasteiger partial charge in [-0.2, -0.15) is 0 Å². The Morgan fingerprint density at radius 3 is 1.94 bits per heavy atom. The van der Waals surface area contributed by atoms with Gasteiger partial charge in [-0.05, 0) is 37.5 Å². The van der Waals surface area contributed by atoms with Crippen LogP contribution in [0.1, 0.15) is 38.5 Å². The van der Waals surface area contributed by atoms with E-state index in [1.165, 1.54) is 12.8 Å². The van der Waals surface area contributed by atoms with E-state index in [-0.39, 0.29) is 10.8 Å². The van der Waals surface area contributed by atoms with Crippen LogP contribution in [0.5, 0.6) is 0 Å². The quantitative estimate of drug-likeness (QED) is 0.681. The summed E-state index contributed by atoms with van der Waals surface area (Å²) in [6, 6.07) is 0. The highest BCUT2D eigenvalue weighted by atomic mass is 16.2. The molecule has 2 saturated carbocycles. The van der Waals surface area contributed by atoms with Gasteiger partial charge in [0.2, 0.25) is 11.8 Å². The lowest BCUT2D eigenvalue weighted by Gasteiger charge is -2.25. The normalized spacial score (nSPS) is 28.9. The molecule has 0 N–H and O–H groups in total. The molecule has 98 valence electrons. The lowest BCUT2D eigenvalue weighted by molar-refractivity contribution is -0.135. The lowest BCUT2D eigenvalue weighted by Crippen LogP contribution is -2.33. The van der Waals surface area contributed by atoms with E-state index >= 15 is 0 Å². The van der Waals surface area contributed by atoms with Crippen LogP contribution < -0.4 is 0 Å². The van der Waals surface area contributed by atoms with Crippen LogP contribution in [-0.2, 0) is 9.59 Å². The minimum atomic E-state index is -0.0390. The van der Waals surface area contributed by atoms with E-state index in [9.17, 15) is 9.59 Å². The van der Waals surface area contributed by atoms with Crippen LogP contribution in [0.4, 0.5) is 0 Å². The van der Waals surface area contributed by atoms with E-state index < -0.39 is 0 Å². The highest BCUT2D eigenvalue weighted by Gasteiger charge is 2.70. The van der Waals surface area contributed by atoms with Gasteiger partial charge in [0.05, 0.1) is 5.41 Å². The Bertz CT molecular complexity index is 416. The molecule has 2 saturated heterocycles. The van der Waals surface area contributed by atoms with Gasteiger partial charge in [0.1, 0.15) is 0 Å². The zero-order chi connectivity index (χ0) is 12.4. The lowest BCUT2D eigenvalue weighted by atomic mass is 9.81. The van der Waals surface area contributed by atoms with Crippen LogP contribution in [0.3, 0.4) is 0 Å². The number of carbonyl (C=O) groups excluding carboxylic acids is 2. The first-order valence-electron chi connectivity index (χ1n) is 7.24. The van der Waals surface area contributed by atoms with E-state index in [4.69, 9.17) is 0 Å². The van der Waals surface area contributed by atoms with E-state index in [1.807, 2.05) is 9.80 Å². The van der Waals surface area contributed by atoms with E-state index in [2.05, 4.69) is 0 Å². The van der Waals surface area contributed by atoms with Crippen LogP contribution in [0.2, 0.25) is 0 Å². The smallest absolute Gasteiger partial charge is 0.229 e. The molecule has 2 amide bonds. The Morgan fingerprint density at radius 1 is 0.889 bits per heavy atom. The summed E-state index contributed by atoms with van der Waals surface area (Å²) in [6.45, 7) is 3.82. The van der Waals surface area contributed by atoms with Crippen molar-refractivity contribution in [2.75, 3.05) is 26.2 Å². The molecule has 0 spiro atoms. The Kier molecular flexibility index (Phi) is 1.97. The van der Waals surface area contributed by atoms with Gasteiger partial charge in [-0.3, -0.25) is 9.59 Å². The average molecular weight is 248 g/mol. The number of carbonyl (C=O) groups is 2. The summed E-state index contributed by atoms with van der Waals surface area (Å²) in [7, 11) is 0. The Morgan fingerprint density at radius 2 is 1.50 bits per heavy atom. The monoisotopic (exact) mass is 248 g/mol. The van der Waals surface area contributed by atoms with Crippen molar-refractivity contribution >= 4 is 11.8 Å². The van der Waals surface area contributed by atoms with Crippen LogP contribution in [0.25, 0.3) is 0 Å². The standard InChI is InChI=1S/C14H20N2O2/c17-11(15-7-8-15)1-2-13(3-4-13)14(5-6-14)12(18)16-9-10-16/h1-10H2. The Labute approximate surface area is 107 Å². The van der Waals surface area contributed by atoms with Gasteiger partial charge < -0.3 is 9.80 Å². The molecule has 0 aromatic rings. The summed E-state index contributed by atoms with van der Waals surface area (Å²) < 4.78 is 0. The largest absolute Gasteiger partial charge is 0.339 e. The zero-order valence-electron chi connectivity index (χ0n) is 10.8. The van der Waals surface area contributed by atoms with Crippen molar-refractivity contribution < 1.29 is 9.59 Å². The van der Waals surface area contributed by atoms with Crippen molar-refractivity contribution in [3.63, 3.8) is 0 Å². The summed E-state index contributed by atoms with van der Waals surface area (Å²) in [5, 5.41) is 0. The SMILES string of the molecule is O=C(CCC1(C2(C(=O)N3CC3)CC2)CC1)N1CC1. The topological polar surface area (TPSA) is 40.2 Å². The molecule has 0 aromatic carbocycles. The maximum absolute atomic E-state index is 12.4. The number of hydrogen-bond donors (Lipinski definition) is 0.